The molecule has 6 aliphatic rings. The SMILES string of the molecule is Cc1cc2c(s1)-c1sc(C3C=C4Cc5cc(-c6cc7c(s6)-c6sc(C8C=C9Cc%10cc(C)sc%10C9S8)cc6C7)sc5C4S3)cc1C2. The molecule has 6 aromatic rings. The van der Waals surface area contributed by atoms with E-state index in [9.17, 15) is 0 Å². The Hall–Kier alpha value is -1.62. The van der Waals surface area contributed by atoms with E-state index in [0.717, 1.165) is 19.3 Å². The van der Waals surface area contributed by atoms with Crippen molar-refractivity contribution in [3.8, 4) is 29.3 Å². The van der Waals surface area contributed by atoms with E-state index in [4.69, 9.17) is 0 Å². The molecule has 2 aliphatic heterocycles. The Labute approximate surface area is 301 Å². The van der Waals surface area contributed by atoms with Crippen molar-refractivity contribution in [1.29, 1.82) is 0 Å². The van der Waals surface area contributed by atoms with Crippen LogP contribution in [0, 0.1) is 13.8 Å². The first-order valence-corrected chi connectivity index (χ1v) is 22.7. The van der Waals surface area contributed by atoms with Crippen LogP contribution in [-0.2, 0) is 25.7 Å². The Morgan fingerprint density at radius 3 is 1.63 bits per heavy atom. The molecule has 0 amide bonds. The summed E-state index contributed by atoms with van der Waals surface area (Å²) in [5.74, 6) is 0. The number of thioether (sulfide) groups is 2. The second-order valence-corrected chi connectivity index (χ2v) is 22.8. The average molecular weight is 739 g/mol. The van der Waals surface area contributed by atoms with E-state index < -0.39 is 0 Å². The summed E-state index contributed by atoms with van der Waals surface area (Å²) < 4.78 is 0. The highest BCUT2D eigenvalue weighted by Gasteiger charge is 2.40. The number of hydrogen-bond donors (Lipinski definition) is 0. The number of thiophene rings is 6. The van der Waals surface area contributed by atoms with Crippen LogP contribution in [0.1, 0.15) is 83.6 Å². The van der Waals surface area contributed by atoms with Gasteiger partial charge in [-0.2, -0.15) is 0 Å². The molecule has 4 atom stereocenters. The molecule has 4 unspecified atom stereocenters. The van der Waals surface area contributed by atoms with Gasteiger partial charge in [0.1, 0.15) is 0 Å². The van der Waals surface area contributed by atoms with Gasteiger partial charge in [0.15, 0.2) is 0 Å². The van der Waals surface area contributed by atoms with Crippen LogP contribution in [0.25, 0.3) is 29.3 Å². The molecule has 0 spiro atoms. The topological polar surface area (TPSA) is 0 Å². The first kappa shape index (κ1) is 27.2. The van der Waals surface area contributed by atoms with Crippen LogP contribution in [0.3, 0.4) is 0 Å². The van der Waals surface area contributed by atoms with Crippen molar-refractivity contribution in [2.24, 2.45) is 0 Å². The lowest BCUT2D eigenvalue weighted by molar-refractivity contribution is 1.15. The lowest BCUT2D eigenvalue weighted by Crippen LogP contribution is -1.85. The van der Waals surface area contributed by atoms with E-state index >= 15 is 0 Å². The van der Waals surface area contributed by atoms with E-state index in [1.807, 2.05) is 22.7 Å². The summed E-state index contributed by atoms with van der Waals surface area (Å²) in [5.41, 5.74) is 12.7. The van der Waals surface area contributed by atoms with Crippen molar-refractivity contribution in [2.45, 2.75) is 60.5 Å². The zero-order valence-corrected chi connectivity index (χ0v) is 31.6. The molecular weight excluding hydrogens is 713 g/mol. The van der Waals surface area contributed by atoms with Crippen molar-refractivity contribution < 1.29 is 0 Å². The highest BCUT2D eigenvalue weighted by Crippen LogP contribution is 2.63. The Morgan fingerprint density at radius 1 is 0.457 bits per heavy atom. The Morgan fingerprint density at radius 2 is 0.935 bits per heavy atom. The average Bonchev–Trinajstić information content (AvgIpc) is 3.80. The molecule has 4 aliphatic carbocycles. The number of aryl methyl sites for hydroxylation is 2. The Bertz CT molecular complexity index is 2390. The normalized spacial score (nSPS) is 24.0. The molecule has 8 heterocycles. The maximum Gasteiger partial charge on any atom is 0.0616 e. The van der Waals surface area contributed by atoms with E-state index in [1.54, 1.807) is 83.5 Å². The second kappa shape index (κ2) is 9.54. The van der Waals surface area contributed by atoms with Crippen molar-refractivity contribution >= 4 is 91.5 Å². The third-order valence-electron chi connectivity index (χ3n) is 10.4. The molecule has 0 radical (unpaired) electrons. The van der Waals surface area contributed by atoms with Gasteiger partial charge in [-0.3, -0.25) is 0 Å². The third kappa shape index (κ3) is 3.79. The monoisotopic (exact) mass is 738 g/mol. The predicted octanol–water partition coefficient (Wildman–Crippen LogP) is 13.5. The first-order valence-electron chi connectivity index (χ1n) is 15.9. The van der Waals surface area contributed by atoms with Crippen molar-refractivity contribution in [1.82, 2.24) is 0 Å². The number of fused-ring (bicyclic) bond motifs is 12. The third-order valence-corrected chi connectivity index (χ3v) is 21.7. The van der Waals surface area contributed by atoms with Crippen LogP contribution < -0.4 is 0 Å². The molecule has 12 rings (SSSR count). The summed E-state index contributed by atoms with van der Waals surface area (Å²) in [7, 11) is 0. The first-order chi connectivity index (χ1) is 22.5. The largest absolute Gasteiger partial charge is 0.144 e. The van der Waals surface area contributed by atoms with E-state index in [1.165, 1.54) is 25.9 Å². The minimum Gasteiger partial charge on any atom is -0.144 e. The summed E-state index contributed by atoms with van der Waals surface area (Å²) in [6.45, 7) is 4.51. The second-order valence-electron chi connectivity index (χ2n) is 13.5. The van der Waals surface area contributed by atoms with Crippen LogP contribution in [0.5, 0.6) is 0 Å². The number of rotatable bonds is 3. The van der Waals surface area contributed by atoms with Gasteiger partial charge in [0.25, 0.3) is 0 Å². The smallest absolute Gasteiger partial charge is 0.0616 e. The number of hydrogen-bond acceptors (Lipinski definition) is 8. The molecule has 0 N–H and O–H groups in total. The fourth-order valence-corrected chi connectivity index (χ4v) is 19.7. The van der Waals surface area contributed by atoms with Crippen LogP contribution in [0.2, 0.25) is 0 Å². The Balaban J connectivity index is 0.791. The minimum absolute atomic E-state index is 0.514. The summed E-state index contributed by atoms with van der Waals surface area (Å²) in [5, 5.41) is 2.20. The predicted molar refractivity (Wildman–Crippen MR) is 208 cm³/mol. The molecule has 8 heteroatoms. The maximum atomic E-state index is 2.62. The standard InChI is InChI=1S/C38H26S8/c1-15-3-17-5-19-9-25(41-33(19)31(17)39-15)27-11-21-7-23-13-29(45-37(23)35(21)43-27)30-14-24-8-22-12-28(44-36(22)38(24)46-30)26-10-20-6-18-4-16(2)40-32(18)34(20)42-26/h3-4,9-14,25,28,33,36H,5-8H2,1-2H3. The van der Waals surface area contributed by atoms with Gasteiger partial charge < -0.3 is 0 Å². The summed E-state index contributed by atoms with van der Waals surface area (Å²) in [4.78, 5) is 18.5. The van der Waals surface area contributed by atoms with Crippen LogP contribution >= 0.6 is 91.5 Å². The van der Waals surface area contributed by atoms with Gasteiger partial charge >= 0.3 is 0 Å². The van der Waals surface area contributed by atoms with Crippen LogP contribution in [-0.4, -0.2) is 0 Å². The summed E-state index contributed by atoms with van der Waals surface area (Å²) in [6, 6.07) is 15.0. The molecule has 0 fully saturated rings. The van der Waals surface area contributed by atoms with Gasteiger partial charge in [-0.05, 0) is 96.5 Å². The molecule has 226 valence electrons. The van der Waals surface area contributed by atoms with E-state index in [-0.39, 0.29) is 0 Å². The van der Waals surface area contributed by atoms with E-state index in [2.05, 4.69) is 131 Å². The zero-order chi connectivity index (χ0) is 30.0. The van der Waals surface area contributed by atoms with Gasteiger partial charge in [0.2, 0.25) is 0 Å². The molecule has 0 saturated carbocycles. The van der Waals surface area contributed by atoms with Gasteiger partial charge in [-0.15, -0.1) is 91.5 Å². The molecule has 6 aromatic heterocycles. The van der Waals surface area contributed by atoms with Gasteiger partial charge in [0.05, 0.1) is 21.0 Å². The Kier molecular flexibility index (Phi) is 5.65. The summed E-state index contributed by atoms with van der Waals surface area (Å²) in [6.07, 6.45) is 9.78. The van der Waals surface area contributed by atoms with Crippen LogP contribution in [0.4, 0.5) is 0 Å². The molecule has 46 heavy (non-hydrogen) atoms. The van der Waals surface area contributed by atoms with Gasteiger partial charge in [-0.1, -0.05) is 23.3 Å². The molecule has 0 nitrogen and oxygen atoms in total. The lowest BCUT2D eigenvalue weighted by atomic mass is 10.1. The fraction of sp³-hybridized carbons (Fsp3) is 0.263. The van der Waals surface area contributed by atoms with E-state index in [0.29, 0.717) is 21.0 Å². The molecule has 0 saturated heterocycles. The fourth-order valence-electron chi connectivity index (χ4n) is 8.48. The lowest BCUT2D eigenvalue weighted by Gasteiger charge is -2.09. The molecular formula is C38H26S8. The molecule has 0 aromatic carbocycles. The van der Waals surface area contributed by atoms with Crippen LogP contribution in [0.15, 0.2) is 59.7 Å². The maximum absolute atomic E-state index is 2.62. The minimum atomic E-state index is 0.514. The quantitative estimate of drug-likeness (QED) is 0.166. The van der Waals surface area contributed by atoms with Crippen molar-refractivity contribution in [3.63, 3.8) is 0 Å². The van der Waals surface area contributed by atoms with Crippen molar-refractivity contribution in [2.75, 3.05) is 0 Å². The summed E-state index contributed by atoms with van der Waals surface area (Å²) >= 11 is 16.7. The van der Waals surface area contributed by atoms with Gasteiger partial charge in [-0.25, -0.2) is 0 Å². The molecule has 0 bridgehead atoms. The van der Waals surface area contributed by atoms with Crippen molar-refractivity contribution in [3.05, 3.63) is 122 Å². The highest BCUT2D eigenvalue weighted by atomic mass is 32.2. The highest BCUT2D eigenvalue weighted by molar-refractivity contribution is 8.01. The zero-order valence-electron chi connectivity index (χ0n) is 25.0. The van der Waals surface area contributed by atoms with Gasteiger partial charge in [0, 0.05) is 71.4 Å².